The Balaban J connectivity index is 2.17. The van der Waals surface area contributed by atoms with E-state index >= 15 is 0 Å². The highest BCUT2D eigenvalue weighted by atomic mass is 16.5. The molecular formula is C11H13O3. The lowest BCUT2D eigenvalue weighted by molar-refractivity contribution is -0.144. The van der Waals surface area contributed by atoms with Gasteiger partial charge in [0, 0.05) is 12.3 Å². The Kier molecular flexibility index (Phi) is 4.63. The summed E-state index contributed by atoms with van der Waals surface area (Å²) < 4.78 is 4.72. The lowest BCUT2D eigenvalue weighted by Crippen LogP contribution is -2.12. The molecule has 75 valence electrons. The van der Waals surface area contributed by atoms with Gasteiger partial charge < -0.3 is 4.74 Å². The molecule has 0 saturated heterocycles. The topological polar surface area (TPSA) is 43.4 Å². The highest BCUT2D eigenvalue weighted by Gasteiger charge is 2.24. The van der Waals surface area contributed by atoms with E-state index in [9.17, 15) is 9.59 Å². The molecule has 0 heterocycles. The van der Waals surface area contributed by atoms with Gasteiger partial charge in [-0.2, -0.15) is 0 Å². The maximum Gasteiger partial charge on any atom is 0.306 e. The molecule has 3 heteroatoms. The zero-order valence-corrected chi connectivity index (χ0v) is 8.16. The van der Waals surface area contributed by atoms with Gasteiger partial charge in [-0.15, -0.1) is 0 Å². The molecule has 0 bridgehead atoms. The highest BCUT2D eigenvalue weighted by molar-refractivity contribution is 5.98. The van der Waals surface area contributed by atoms with Crippen molar-refractivity contribution in [3.8, 4) is 0 Å². The lowest BCUT2D eigenvalue weighted by Gasteiger charge is -2.05. The molecule has 1 aliphatic carbocycles. The SMILES string of the molecule is CCOC(=O)CCC(=O)[C]1[CH][CH][CH][CH]1. The molecule has 0 aliphatic heterocycles. The van der Waals surface area contributed by atoms with Crippen LogP contribution in [0.15, 0.2) is 0 Å². The number of ether oxygens (including phenoxy) is 1. The normalized spacial score (nSPS) is 16.9. The van der Waals surface area contributed by atoms with Gasteiger partial charge in [0.1, 0.15) is 5.78 Å². The number of ketones is 1. The highest BCUT2D eigenvalue weighted by Crippen LogP contribution is 2.25. The third-order valence-corrected chi connectivity index (χ3v) is 1.85. The van der Waals surface area contributed by atoms with Gasteiger partial charge in [-0.1, -0.05) is 0 Å². The molecule has 0 atom stereocenters. The molecule has 1 fully saturated rings. The Bertz CT molecular complexity index is 205. The van der Waals surface area contributed by atoms with Crippen molar-refractivity contribution in [3.05, 3.63) is 31.6 Å². The lowest BCUT2D eigenvalue weighted by atomic mass is 9.99. The van der Waals surface area contributed by atoms with E-state index in [1.165, 1.54) is 0 Å². The van der Waals surface area contributed by atoms with Gasteiger partial charge in [0.05, 0.1) is 13.0 Å². The molecule has 0 aromatic heterocycles. The molecule has 0 N–H and O–H groups in total. The molecule has 0 amide bonds. The van der Waals surface area contributed by atoms with Crippen molar-refractivity contribution in [2.24, 2.45) is 0 Å². The van der Waals surface area contributed by atoms with E-state index in [4.69, 9.17) is 4.74 Å². The van der Waals surface area contributed by atoms with Crippen LogP contribution < -0.4 is 0 Å². The van der Waals surface area contributed by atoms with Crippen LogP contribution in [0, 0.1) is 31.6 Å². The van der Waals surface area contributed by atoms with Crippen molar-refractivity contribution in [1.82, 2.24) is 0 Å². The maximum absolute atomic E-state index is 11.4. The van der Waals surface area contributed by atoms with Crippen molar-refractivity contribution in [2.45, 2.75) is 19.8 Å². The van der Waals surface area contributed by atoms with Gasteiger partial charge in [0.25, 0.3) is 0 Å². The predicted octanol–water partition coefficient (Wildman–Crippen LogP) is 1.30. The number of Topliss-reactive ketones (excluding diaryl/α,β-unsaturated/α-hetero) is 1. The van der Waals surface area contributed by atoms with Gasteiger partial charge >= 0.3 is 5.97 Å². The fourth-order valence-electron chi connectivity index (χ4n) is 1.15. The Labute approximate surface area is 84.8 Å². The fourth-order valence-corrected chi connectivity index (χ4v) is 1.15. The van der Waals surface area contributed by atoms with E-state index in [1.54, 1.807) is 32.6 Å². The average Bonchev–Trinajstić information content (AvgIpc) is 2.67. The summed E-state index contributed by atoms with van der Waals surface area (Å²) in [6.45, 7) is 2.11. The zero-order chi connectivity index (χ0) is 10.4. The van der Waals surface area contributed by atoms with E-state index in [-0.39, 0.29) is 24.6 Å². The minimum Gasteiger partial charge on any atom is -0.466 e. The van der Waals surface area contributed by atoms with Crippen molar-refractivity contribution in [2.75, 3.05) is 6.61 Å². The van der Waals surface area contributed by atoms with Crippen LogP contribution >= 0.6 is 0 Å². The quantitative estimate of drug-likeness (QED) is 0.618. The molecule has 0 unspecified atom stereocenters. The Hall–Kier alpha value is -0.860. The van der Waals surface area contributed by atoms with Gasteiger partial charge in [-0.05, 0) is 32.6 Å². The third kappa shape index (κ3) is 3.48. The van der Waals surface area contributed by atoms with Crippen LogP contribution in [0.25, 0.3) is 0 Å². The van der Waals surface area contributed by atoms with E-state index < -0.39 is 0 Å². The summed E-state index contributed by atoms with van der Waals surface area (Å²) in [6.07, 6.45) is 7.48. The van der Waals surface area contributed by atoms with Crippen LogP contribution in [-0.4, -0.2) is 18.4 Å². The molecule has 14 heavy (non-hydrogen) atoms. The first kappa shape index (κ1) is 11.2. The van der Waals surface area contributed by atoms with Crippen molar-refractivity contribution < 1.29 is 14.3 Å². The fraction of sp³-hybridized carbons (Fsp3) is 0.364. The number of carbonyl (C=O) groups excluding carboxylic acids is 2. The maximum atomic E-state index is 11.4. The van der Waals surface area contributed by atoms with Crippen LogP contribution in [0.3, 0.4) is 0 Å². The van der Waals surface area contributed by atoms with Gasteiger partial charge in [-0.3, -0.25) is 9.59 Å². The molecule has 0 aromatic rings. The van der Waals surface area contributed by atoms with Gasteiger partial charge in [0.2, 0.25) is 0 Å². The van der Waals surface area contributed by atoms with Crippen LogP contribution in [0.4, 0.5) is 0 Å². The summed E-state index contributed by atoms with van der Waals surface area (Å²) in [5.74, 6) is 0.338. The molecule has 3 nitrogen and oxygen atoms in total. The Morgan fingerprint density at radius 1 is 1.21 bits per heavy atom. The van der Waals surface area contributed by atoms with Crippen molar-refractivity contribution >= 4 is 11.8 Å². The summed E-state index contributed by atoms with van der Waals surface area (Å²) in [4.78, 5) is 22.3. The molecule has 1 saturated carbocycles. The second-order valence-corrected chi connectivity index (χ2v) is 2.90. The predicted molar refractivity (Wildman–Crippen MR) is 51.3 cm³/mol. The van der Waals surface area contributed by atoms with Gasteiger partial charge in [-0.25, -0.2) is 0 Å². The number of rotatable bonds is 5. The summed E-state index contributed by atoms with van der Waals surface area (Å²) in [7, 11) is 0. The smallest absolute Gasteiger partial charge is 0.306 e. The number of hydrogen-bond acceptors (Lipinski definition) is 3. The summed E-state index contributed by atoms with van der Waals surface area (Å²) in [6, 6.07) is 0. The van der Waals surface area contributed by atoms with Crippen LogP contribution in [0.5, 0.6) is 0 Å². The first-order valence-electron chi connectivity index (χ1n) is 4.64. The van der Waals surface area contributed by atoms with E-state index in [1.807, 2.05) is 0 Å². The largest absolute Gasteiger partial charge is 0.466 e. The van der Waals surface area contributed by atoms with Crippen LogP contribution in [0.1, 0.15) is 19.8 Å². The summed E-state index contributed by atoms with van der Waals surface area (Å²) in [5, 5.41) is 0. The number of carbonyl (C=O) groups is 2. The first-order chi connectivity index (χ1) is 6.74. The Morgan fingerprint density at radius 2 is 1.86 bits per heavy atom. The summed E-state index contributed by atoms with van der Waals surface area (Å²) in [5.41, 5.74) is 0. The minimum absolute atomic E-state index is 0.0111. The monoisotopic (exact) mass is 193 g/mol. The zero-order valence-electron chi connectivity index (χ0n) is 8.16. The average molecular weight is 193 g/mol. The molecule has 1 rings (SSSR count). The van der Waals surface area contributed by atoms with E-state index in [0.29, 0.717) is 12.5 Å². The van der Waals surface area contributed by atoms with Crippen molar-refractivity contribution in [1.29, 1.82) is 0 Å². The van der Waals surface area contributed by atoms with E-state index in [0.717, 1.165) is 0 Å². The molecule has 5 radical (unpaired) electrons. The molecular weight excluding hydrogens is 180 g/mol. The van der Waals surface area contributed by atoms with Crippen molar-refractivity contribution in [3.63, 3.8) is 0 Å². The van der Waals surface area contributed by atoms with Crippen LogP contribution in [-0.2, 0) is 14.3 Å². The molecule has 0 spiro atoms. The Morgan fingerprint density at radius 3 is 2.43 bits per heavy atom. The van der Waals surface area contributed by atoms with Crippen LogP contribution in [0.2, 0.25) is 0 Å². The van der Waals surface area contributed by atoms with E-state index in [2.05, 4.69) is 0 Å². The number of esters is 1. The minimum atomic E-state index is -0.313. The second kappa shape index (κ2) is 5.78. The number of hydrogen-bond donors (Lipinski definition) is 0. The molecule has 0 aromatic carbocycles. The van der Waals surface area contributed by atoms with Gasteiger partial charge in [0.15, 0.2) is 0 Å². The second-order valence-electron chi connectivity index (χ2n) is 2.90. The standard InChI is InChI=1S/C11H13O3/c1-2-14-11(13)8-7-10(12)9-5-3-4-6-9/h3-6H,2,7-8H2,1H3. The summed E-state index contributed by atoms with van der Waals surface area (Å²) >= 11 is 0. The first-order valence-corrected chi connectivity index (χ1v) is 4.64. The third-order valence-electron chi connectivity index (χ3n) is 1.85. The molecule has 1 aliphatic rings.